The number of carbonyl (C=O) groups is 1. The highest BCUT2D eigenvalue weighted by atomic mass is 35.5. The molecule has 1 aliphatic rings. The van der Waals surface area contributed by atoms with Crippen molar-refractivity contribution in [3.05, 3.63) is 50.4 Å². The third kappa shape index (κ3) is 4.93. The second-order valence-electron chi connectivity index (χ2n) is 6.14. The van der Waals surface area contributed by atoms with Crippen molar-refractivity contribution in [1.29, 1.82) is 0 Å². The van der Waals surface area contributed by atoms with E-state index in [2.05, 4.69) is 16.2 Å². The van der Waals surface area contributed by atoms with Gasteiger partial charge in [0.15, 0.2) is 5.11 Å². The highest BCUT2D eigenvalue weighted by molar-refractivity contribution is 7.80. The summed E-state index contributed by atoms with van der Waals surface area (Å²) in [6.07, 6.45) is 6.96. The monoisotopic (exact) mass is 411 g/mol. The molecule has 1 heterocycles. The van der Waals surface area contributed by atoms with Crippen LogP contribution in [-0.2, 0) is 12.8 Å². The SMILES string of the molecule is O=C(NNC(=S)Nc1ccc(F)c(Cl)c1)c1cc2c(s1)CCCCCC2. The number of nitrogens with one attached hydrogen (secondary N) is 3. The number of halogens is 2. The fourth-order valence-electron chi connectivity index (χ4n) is 2.87. The Labute approximate surface area is 166 Å². The lowest BCUT2D eigenvalue weighted by molar-refractivity contribution is 0.0948. The topological polar surface area (TPSA) is 53.2 Å². The Bertz CT molecular complexity index is 799. The first-order valence-corrected chi connectivity index (χ1v) is 10.1. The van der Waals surface area contributed by atoms with Crippen LogP contribution in [0.1, 0.15) is 45.8 Å². The van der Waals surface area contributed by atoms with Gasteiger partial charge in [0.25, 0.3) is 5.91 Å². The van der Waals surface area contributed by atoms with E-state index in [1.165, 1.54) is 54.3 Å². The minimum absolute atomic E-state index is 0.00200. The molecule has 1 aromatic carbocycles. The third-order valence-corrected chi connectivity index (χ3v) is 5.92. The van der Waals surface area contributed by atoms with Crippen molar-refractivity contribution >= 4 is 51.9 Å². The van der Waals surface area contributed by atoms with Crippen LogP contribution in [0.25, 0.3) is 0 Å². The molecule has 0 spiro atoms. The van der Waals surface area contributed by atoms with E-state index in [0.29, 0.717) is 10.6 Å². The van der Waals surface area contributed by atoms with Crippen molar-refractivity contribution in [3.8, 4) is 0 Å². The Morgan fingerprint density at radius 2 is 1.88 bits per heavy atom. The van der Waals surface area contributed by atoms with Gasteiger partial charge in [-0.3, -0.25) is 15.6 Å². The second-order valence-corrected chi connectivity index (χ2v) is 8.09. The molecule has 4 nitrogen and oxygen atoms in total. The molecule has 1 aromatic heterocycles. The van der Waals surface area contributed by atoms with Crippen LogP contribution in [0.3, 0.4) is 0 Å². The lowest BCUT2D eigenvalue weighted by Crippen LogP contribution is -2.43. The molecule has 8 heteroatoms. The highest BCUT2D eigenvalue weighted by Gasteiger charge is 2.16. The van der Waals surface area contributed by atoms with E-state index >= 15 is 0 Å². The first kappa shape index (κ1) is 19.1. The quantitative estimate of drug-likeness (QED) is 0.489. The molecule has 0 bridgehead atoms. The Morgan fingerprint density at radius 3 is 2.65 bits per heavy atom. The average Bonchev–Trinajstić information content (AvgIpc) is 2.98. The second kappa shape index (κ2) is 8.79. The van der Waals surface area contributed by atoms with Crippen molar-refractivity contribution in [2.24, 2.45) is 0 Å². The number of fused-ring (bicyclic) bond motifs is 1. The summed E-state index contributed by atoms with van der Waals surface area (Å²) >= 11 is 12.4. The van der Waals surface area contributed by atoms with Crippen LogP contribution in [-0.4, -0.2) is 11.0 Å². The molecule has 1 amide bonds. The van der Waals surface area contributed by atoms with Crippen LogP contribution in [0.2, 0.25) is 5.02 Å². The molecule has 0 saturated heterocycles. The van der Waals surface area contributed by atoms with Crippen LogP contribution in [0.15, 0.2) is 24.3 Å². The molecule has 0 aliphatic heterocycles. The number of thiocarbonyl (C=S) groups is 1. The van der Waals surface area contributed by atoms with Crippen LogP contribution in [0.4, 0.5) is 10.1 Å². The minimum atomic E-state index is -0.502. The molecule has 0 fully saturated rings. The number of thiophene rings is 1. The lowest BCUT2D eigenvalue weighted by Gasteiger charge is -2.11. The number of carbonyl (C=O) groups excluding carboxylic acids is 1. The maximum Gasteiger partial charge on any atom is 0.279 e. The van der Waals surface area contributed by atoms with E-state index in [-0.39, 0.29) is 16.0 Å². The summed E-state index contributed by atoms with van der Waals surface area (Å²) in [5.74, 6) is -0.722. The fraction of sp³-hybridized carbons (Fsp3) is 0.333. The Balaban J connectivity index is 1.55. The van der Waals surface area contributed by atoms with Gasteiger partial charge in [-0.2, -0.15) is 0 Å². The number of rotatable bonds is 2. The van der Waals surface area contributed by atoms with Gasteiger partial charge >= 0.3 is 0 Å². The van der Waals surface area contributed by atoms with Gasteiger partial charge in [-0.25, -0.2) is 4.39 Å². The molecule has 0 atom stereocenters. The summed E-state index contributed by atoms with van der Waals surface area (Å²) in [5.41, 5.74) is 7.08. The van der Waals surface area contributed by atoms with Gasteiger partial charge in [0.2, 0.25) is 0 Å². The van der Waals surface area contributed by atoms with E-state index in [9.17, 15) is 9.18 Å². The Morgan fingerprint density at radius 1 is 1.12 bits per heavy atom. The predicted molar refractivity (Wildman–Crippen MR) is 108 cm³/mol. The van der Waals surface area contributed by atoms with Crippen molar-refractivity contribution in [3.63, 3.8) is 0 Å². The smallest absolute Gasteiger partial charge is 0.279 e. The van der Waals surface area contributed by atoms with Gasteiger partial charge in [-0.15, -0.1) is 11.3 Å². The first-order chi connectivity index (χ1) is 12.5. The molecule has 0 radical (unpaired) electrons. The van der Waals surface area contributed by atoms with E-state index in [4.69, 9.17) is 23.8 Å². The maximum atomic E-state index is 13.2. The number of aryl methyl sites for hydroxylation is 2. The molecule has 0 saturated carbocycles. The molecule has 3 rings (SSSR count). The molecule has 0 unspecified atom stereocenters. The molecular weight excluding hydrogens is 393 g/mol. The molecule has 26 heavy (non-hydrogen) atoms. The summed E-state index contributed by atoms with van der Waals surface area (Å²) in [6, 6.07) is 6.16. The van der Waals surface area contributed by atoms with Crippen LogP contribution in [0, 0.1) is 5.82 Å². The number of hydrogen-bond donors (Lipinski definition) is 3. The largest absolute Gasteiger partial charge is 0.331 e. The zero-order chi connectivity index (χ0) is 18.5. The standard InChI is InChI=1S/C18H19ClFN3OS2/c19-13-10-12(7-8-14(13)20)21-18(25)23-22-17(24)16-9-11-5-3-1-2-4-6-15(11)26-16/h7-10H,1-6H2,(H,22,24)(H2,21,23,25). The normalized spacial score (nSPS) is 13.9. The van der Waals surface area contributed by atoms with Gasteiger partial charge in [0, 0.05) is 10.6 Å². The van der Waals surface area contributed by atoms with Gasteiger partial charge in [-0.05, 0) is 67.7 Å². The fourth-order valence-corrected chi connectivity index (χ4v) is 4.37. The summed E-state index contributed by atoms with van der Waals surface area (Å²) in [5, 5.41) is 3.03. The minimum Gasteiger partial charge on any atom is -0.331 e. The first-order valence-electron chi connectivity index (χ1n) is 8.47. The summed E-state index contributed by atoms with van der Waals surface area (Å²) in [7, 11) is 0. The third-order valence-electron chi connectivity index (χ3n) is 4.19. The van der Waals surface area contributed by atoms with Gasteiger partial charge in [0.1, 0.15) is 5.82 Å². The van der Waals surface area contributed by atoms with Gasteiger partial charge in [-0.1, -0.05) is 24.4 Å². The summed E-state index contributed by atoms with van der Waals surface area (Å²) < 4.78 is 13.2. The molecule has 3 N–H and O–H groups in total. The van der Waals surface area contributed by atoms with Crippen LogP contribution < -0.4 is 16.2 Å². The zero-order valence-electron chi connectivity index (χ0n) is 14.0. The molecule has 2 aromatic rings. The van der Waals surface area contributed by atoms with Crippen LogP contribution in [0.5, 0.6) is 0 Å². The zero-order valence-corrected chi connectivity index (χ0v) is 16.4. The number of hydrazine groups is 1. The average molecular weight is 412 g/mol. The summed E-state index contributed by atoms with van der Waals surface area (Å²) in [6.45, 7) is 0. The van der Waals surface area contributed by atoms with Gasteiger partial charge < -0.3 is 5.32 Å². The maximum absolute atomic E-state index is 13.2. The number of anilines is 1. The van der Waals surface area contributed by atoms with E-state index in [1.807, 2.05) is 6.07 Å². The highest BCUT2D eigenvalue weighted by Crippen LogP contribution is 2.28. The van der Waals surface area contributed by atoms with Crippen molar-refractivity contribution in [2.75, 3.05) is 5.32 Å². The predicted octanol–water partition coefficient (Wildman–Crippen LogP) is 4.83. The van der Waals surface area contributed by atoms with Gasteiger partial charge in [0.05, 0.1) is 9.90 Å². The Kier molecular flexibility index (Phi) is 6.45. The van der Waals surface area contributed by atoms with Crippen molar-refractivity contribution < 1.29 is 9.18 Å². The van der Waals surface area contributed by atoms with E-state index < -0.39 is 5.82 Å². The molecular formula is C18H19ClFN3OS2. The van der Waals surface area contributed by atoms with E-state index in [1.54, 1.807) is 11.3 Å². The lowest BCUT2D eigenvalue weighted by atomic mass is 10.00. The summed E-state index contributed by atoms with van der Waals surface area (Å²) in [4.78, 5) is 14.4. The molecule has 138 valence electrons. The van der Waals surface area contributed by atoms with E-state index in [0.717, 1.165) is 12.8 Å². The number of hydrogen-bond acceptors (Lipinski definition) is 3. The Hall–Kier alpha value is -1.70. The molecule has 1 aliphatic carbocycles. The van der Waals surface area contributed by atoms with Crippen molar-refractivity contribution in [2.45, 2.75) is 38.5 Å². The number of benzene rings is 1. The van der Waals surface area contributed by atoms with Crippen LogP contribution >= 0.6 is 35.2 Å². The van der Waals surface area contributed by atoms with Crippen molar-refractivity contribution in [1.82, 2.24) is 10.9 Å². The number of amides is 1.